The van der Waals surface area contributed by atoms with E-state index >= 15 is 0 Å². The van der Waals surface area contributed by atoms with E-state index in [-0.39, 0.29) is 11.8 Å². The zero-order valence-electron chi connectivity index (χ0n) is 17.0. The second kappa shape index (κ2) is 9.32. The number of hydrogen-bond acceptors (Lipinski definition) is 6. The van der Waals surface area contributed by atoms with E-state index in [0.29, 0.717) is 31.9 Å². The number of carbonyl (C=O) groups is 2. The van der Waals surface area contributed by atoms with Crippen molar-refractivity contribution in [1.82, 2.24) is 19.8 Å². The summed E-state index contributed by atoms with van der Waals surface area (Å²) in [6, 6.07) is 7.14. The summed E-state index contributed by atoms with van der Waals surface area (Å²) in [5, 5.41) is 0. The highest BCUT2D eigenvalue weighted by Crippen LogP contribution is 2.32. The van der Waals surface area contributed by atoms with Crippen LogP contribution in [-0.2, 0) is 9.53 Å². The maximum atomic E-state index is 12.9. The average molecular weight is 409 g/mol. The van der Waals surface area contributed by atoms with Crippen LogP contribution in [-0.4, -0.2) is 77.5 Å². The highest BCUT2D eigenvalue weighted by atomic mass is 16.5. The Morgan fingerprint density at radius 3 is 2.73 bits per heavy atom. The number of likely N-dealkylation sites (tertiary alicyclic amines) is 1. The van der Waals surface area contributed by atoms with Gasteiger partial charge in [0.1, 0.15) is 0 Å². The molecule has 8 nitrogen and oxygen atoms in total. The van der Waals surface area contributed by atoms with Crippen molar-refractivity contribution in [3.8, 4) is 11.3 Å². The molecule has 0 saturated carbocycles. The van der Waals surface area contributed by atoms with E-state index in [4.69, 9.17) is 10.5 Å². The Kier molecular flexibility index (Phi) is 6.35. The highest BCUT2D eigenvalue weighted by Gasteiger charge is 2.29. The molecule has 2 aliphatic heterocycles. The van der Waals surface area contributed by atoms with Crippen LogP contribution >= 0.6 is 0 Å². The van der Waals surface area contributed by atoms with E-state index in [0.717, 1.165) is 49.4 Å². The second-order valence-corrected chi connectivity index (χ2v) is 7.80. The van der Waals surface area contributed by atoms with Crippen molar-refractivity contribution in [1.29, 1.82) is 0 Å². The molecule has 0 aliphatic carbocycles. The molecule has 4 rings (SSSR count). The Bertz CT molecular complexity index is 913. The van der Waals surface area contributed by atoms with Crippen LogP contribution in [0.5, 0.6) is 0 Å². The van der Waals surface area contributed by atoms with E-state index in [2.05, 4.69) is 14.9 Å². The minimum atomic E-state index is -0.472. The van der Waals surface area contributed by atoms with Gasteiger partial charge in [0.05, 0.1) is 31.1 Å². The lowest BCUT2D eigenvalue weighted by molar-refractivity contribution is -0.134. The molecule has 2 fully saturated rings. The van der Waals surface area contributed by atoms with Crippen molar-refractivity contribution in [2.75, 3.05) is 45.9 Å². The first-order valence-corrected chi connectivity index (χ1v) is 10.4. The Hall–Kier alpha value is -2.84. The molecule has 0 bridgehead atoms. The van der Waals surface area contributed by atoms with Crippen molar-refractivity contribution >= 4 is 11.8 Å². The lowest BCUT2D eigenvalue weighted by Crippen LogP contribution is -2.47. The normalized spacial score (nSPS) is 20.1. The summed E-state index contributed by atoms with van der Waals surface area (Å²) in [5.41, 5.74) is 8.30. The summed E-state index contributed by atoms with van der Waals surface area (Å²) in [4.78, 5) is 37.7. The van der Waals surface area contributed by atoms with Gasteiger partial charge in [-0.3, -0.25) is 24.5 Å². The highest BCUT2D eigenvalue weighted by molar-refractivity contribution is 5.94. The van der Waals surface area contributed by atoms with Crippen LogP contribution in [0.25, 0.3) is 11.3 Å². The number of primary amides is 1. The first-order valence-electron chi connectivity index (χ1n) is 10.4. The predicted octanol–water partition coefficient (Wildman–Crippen LogP) is 1.28. The van der Waals surface area contributed by atoms with Crippen LogP contribution in [0.1, 0.15) is 34.8 Å². The van der Waals surface area contributed by atoms with Crippen LogP contribution in [0.3, 0.4) is 0 Å². The maximum absolute atomic E-state index is 12.9. The number of nitrogens with zero attached hydrogens (tertiary/aromatic N) is 4. The lowest BCUT2D eigenvalue weighted by Gasteiger charge is -2.35. The van der Waals surface area contributed by atoms with E-state index < -0.39 is 5.91 Å². The number of aromatic nitrogens is 2. The fourth-order valence-electron chi connectivity index (χ4n) is 4.17. The minimum absolute atomic E-state index is 0.105. The molecule has 2 N–H and O–H groups in total. The number of benzene rings is 1. The number of nitrogens with two attached hydrogens (primary N) is 1. The van der Waals surface area contributed by atoms with Gasteiger partial charge in [-0.15, -0.1) is 0 Å². The van der Waals surface area contributed by atoms with Gasteiger partial charge in [-0.1, -0.05) is 12.1 Å². The standard InChI is InChI=1S/C22H27N5O3/c23-22(29)17-4-1-3-16(13-17)20-21(25-7-6-24-20)18-5-2-8-27(14-18)19(28)15-26-9-11-30-12-10-26/h1,3-4,6-7,13,18H,2,5,8-12,14-15H2,(H2,23,29). The average Bonchev–Trinajstić information content (AvgIpc) is 2.80. The molecule has 2 aromatic rings. The number of morpholine rings is 1. The number of rotatable bonds is 5. The Morgan fingerprint density at radius 2 is 1.93 bits per heavy atom. The predicted molar refractivity (Wildman–Crippen MR) is 112 cm³/mol. The van der Waals surface area contributed by atoms with Crippen LogP contribution in [0.2, 0.25) is 0 Å². The summed E-state index contributed by atoms with van der Waals surface area (Å²) in [6.45, 7) is 4.80. The van der Waals surface area contributed by atoms with Gasteiger partial charge in [0.15, 0.2) is 0 Å². The second-order valence-electron chi connectivity index (χ2n) is 7.80. The topological polar surface area (TPSA) is 102 Å². The third-order valence-corrected chi connectivity index (χ3v) is 5.77. The molecular weight excluding hydrogens is 382 g/mol. The molecule has 0 radical (unpaired) electrons. The molecule has 30 heavy (non-hydrogen) atoms. The van der Waals surface area contributed by atoms with Crippen molar-refractivity contribution in [2.24, 2.45) is 5.73 Å². The first kappa shape index (κ1) is 20.4. The molecule has 8 heteroatoms. The largest absolute Gasteiger partial charge is 0.379 e. The molecule has 1 aromatic carbocycles. The zero-order valence-corrected chi connectivity index (χ0v) is 17.0. The Balaban J connectivity index is 1.52. The number of amides is 2. The van der Waals surface area contributed by atoms with E-state index in [1.807, 2.05) is 11.0 Å². The summed E-state index contributed by atoms with van der Waals surface area (Å²) in [7, 11) is 0. The first-order chi connectivity index (χ1) is 14.6. The SMILES string of the molecule is NC(=O)c1cccc(-c2nccnc2C2CCCN(C(=O)CN3CCOCC3)C2)c1. The van der Waals surface area contributed by atoms with Crippen LogP contribution in [0.4, 0.5) is 0 Å². The van der Waals surface area contributed by atoms with Gasteiger partial charge in [-0.25, -0.2) is 0 Å². The quantitative estimate of drug-likeness (QED) is 0.798. The van der Waals surface area contributed by atoms with Gasteiger partial charge in [0.2, 0.25) is 11.8 Å². The van der Waals surface area contributed by atoms with Gasteiger partial charge >= 0.3 is 0 Å². The fraction of sp³-hybridized carbons (Fsp3) is 0.455. The third-order valence-electron chi connectivity index (χ3n) is 5.77. The summed E-state index contributed by atoms with van der Waals surface area (Å²) < 4.78 is 5.37. The van der Waals surface area contributed by atoms with Crippen molar-refractivity contribution in [2.45, 2.75) is 18.8 Å². The van der Waals surface area contributed by atoms with E-state index in [1.54, 1.807) is 30.6 Å². The van der Waals surface area contributed by atoms with Crippen LogP contribution in [0, 0.1) is 0 Å². The van der Waals surface area contributed by atoms with Gasteiger partial charge in [0, 0.05) is 55.6 Å². The Morgan fingerprint density at radius 1 is 1.13 bits per heavy atom. The lowest BCUT2D eigenvalue weighted by atomic mass is 9.91. The van der Waals surface area contributed by atoms with Crippen LogP contribution < -0.4 is 5.73 Å². The van der Waals surface area contributed by atoms with Crippen molar-refractivity contribution in [3.63, 3.8) is 0 Å². The number of ether oxygens (including phenoxy) is 1. The molecule has 2 saturated heterocycles. The molecule has 3 heterocycles. The summed E-state index contributed by atoms with van der Waals surface area (Å²) >= 11 is 0. The molecule has 1 aromatic heterocycles. The minimum Gasteiger partial charge on any atom is -0.379 e. The Labute approximate surface area is 176 Å². The van der Waals surface area contributed by atoms with Gasteiger partial charge in [-0.05, 0) is 25.0 Å². The van der Waals surface area contributed by atoms with Gasteiger partial charge in [0.25, 0.3) is 0 Å². The number of hydrogen-bond donors (Lipinski definition) is 1. The third kappa shape index (κ3) is 4.66. The molecule has 1 atom stereocenters. The molecule has 158 valence electrons. The smallest absolute Gasteiger partial charge is 0.248 e. The number of piperidine rings is 1. The van der Waals surface area contributed by atoms with Gasteiger partial charge < -0.3 is 15.4 Å². The molecular formula is C22H27N5O3. The summed E-state index contributed by atoms with van der Waals surface area (Å²) in [5.74, 6) is -0.212. The summed E-state index contributed by atoms with van der Waals surface area (Å²) in [6.07, 6.45) is 5.21. The number of carbonyl (C=O) groups excluding carboxylic acids is 2. The molecule has 0 spiro atoms. The van der Waals surface area contributed by atoms with Gasteiger partial charge in [-0.2, -0.15) is 0 Å². The van der Waals surface area contributed by atoms with E-state index in [9.17, 15) is 9.59 Å². The molecule has 2 amide bonds. The monoisotopic (exact) mass is 409 g/mol. The molecule has 2 aliphatic rings. The maximum Gasteiger partial charge on any atom is 0.248 e. The molecule has 1 unspecified atom stereocenters. The zero-order chi connectivity index (χ0) is 20.9. The fourth-order valence-corrected chi connectivity index (χ4v) is 4.17. The van der Waals surface area contributed by atoms with Crippen molar-refractivity contribution in [3.05, 3.63) is 47.9 Å². The van der Waals surface area contributed by atoms with E-state index in [1.165, 1.54) is 0 Å². The van der Waals surface area contributed by atoms with Crippen molar-refractivity contribution < 1.29 is 14.3 Å². The van der Waals surface area contributed by atoms with Crippen LogP contribution in [0.15, 0.2) is 36.7 Å².